The highest BCUT2D eigenvalue weighted by Gasteiger charge is 2.08. The van der Waals surface area contributed by atoms with Crippen molar-refractivity contribution in [1.82, 2.24) is 4.57 Å². The predicted octanol–water partition coefficient (Wildman–Crippen LogP) is 3.76. The fourth-order valence-corrected chi connectivity index (χ4v) is 2.33. The van der Waals surface area contributed by atoms with Crippen LogP contribution in [0, 0.1) is 0 Å². The molecule has 0 aliphatic heterocycles. The number of benzene rings is 2. The molecule has 3 aromatic rings. The first-order valence-corrected chi connectivity index (χ1v) is 5.44. The Kier molecular flexibility index (Phi) is 2.13. The van der Waals surface area contributed by atoms with E-state index in [1.54, 1.807) is 0 Å². The van der Waals surface area contributed by atoms with Crippen LogP contribution >= 0.6 is 0 Å². The molecule has 0 saturated heterocycles. The zero-order valence-electron chi connectivity index (χ0n) is 8.86. The number of nitrogens with zero attached hydrogens (tertiary/aromatic N) is 1. The normalized spacial score (nSPS) is 11.3. The van der Waals surface area contributed by atoms with Gasteiger partial charge in [-0.15, -0.1) is 0 Å². The van der Waals surface area contributed by atoms with Gasteiger partial charge in [0.15, 0.2) is 0 Å². The summed E-state index contributed by atoms with van der Waals surface area (Å²) >= 11 is 0. The standard InChI is InChI=1S/C14H12FN/c15-9-10-16-13-7-3-1-5-11(13)12-6-2-4-8-14(12)16/h1-8H,9-10H2. The second kappa shape index (κ2) is 3.63. The van der Waals surface area contributed by atoms with E-state index in [1.807, 2.05) is 41.0 Å². The number of hydrogen-bond donors (Lipinski definition) is 0. The lowest BCUT2D eigenvalue weighted by Crippen LogP contribution is -1.98. The summed E-state index contributed by atoms with van der Waals surface area (Å²) in [5, 5.41) is 2.40. The van der Waals surface area contributed by atoms with E-state index in [2.05, 4.69) is 12.1 Å². The highest BCUT2D eigenvalue weighted by atomic mass is 19.1. The molecule has 1 nitrogen and oxygen atoms in total. The van der Waals surface area contributed by atoms with Crippen molar-refractivity contribution in [3.05, 3.63) is 48.5 Å². The summed E-state index contributed by atoms with van der Waals surface area (Å²) in [5.41, 5.74) is 2.22. The van der Waals surface area contributed by atoms with E-state index in [0.29, 0.717) is 6.54 Å². The second-order valence-corrected chi connectivity index (χ2v) is 3.87. The van der Waals surface area contributed by atoms with E-state index in [0.717, 1.165) is 11.0 Å². The van der Waals surface area contributed by atoms with Crippen LogP contribution in [0.25, 0.3) is 21.8 Å². The predicted molar refractivity (Wildman–Crippen MR) is 65.4 cm³/mol. The molecule has 0 amide bonds. The summed E-state index contributed by atoms with van der Waals surface area (Å²) in [4.78, 5) is 0. The maximum atomic E-state index is 12.6. The van der Waals surface area contributed by atoms with Gasteiger partial charge in [0.2, 0.25) is 0 Å². The largest absolute Gasteiger partial charge is 0.338 e. The first kappa shape index (κ1) is 9.40. The molecule has 0 N–H and O–H groups in total. The molecule has 3 rings (SSSR count). The molecule has 2 aromatic carbocycles. The molecule has 0 spiro atoms. The number of alkyl halides is 1. The van der Waals surface area contributed by atoms with Crippen molar-refractivity contribution >= 4 is 21.8 Å². The average molecular weight is 213 g/mol. The highest BCUT2D eigenvalue weighted by molar-refractivity contribution is 6.07. The molecule has 1 aromatic heterocycles. The molecule has 1 heterocycles. The van der Waals surface area contributed by atoms with Crippen LogP contribution in [0.4, 0.5) is 4.39 Å². The summed E-state index contributed by atoms with van der Waals surface area (Å²) < 4.78 is 14.6. The molecule has 0 aliphatic carbocycles. The van der Waals surface area contributed by atoms with E-state index < -0.39 is 0 Å². The summed E-state index contributed by atoms with van der Waals surface area (Å²) in [7, 11) is 0. The van der Waals surface area contributed by atoms with E-state index >= 15 is 0 Å². The van der Waals surface area contributed by atoms with Crippen LogP contribution in [0.15, 0.2) is 48.5 Å². The Balaban J connectivity index is 2.49. The Morgan fingerprint density at radius 2 is 1.31 bits per heavy atom. The molecule has 2 heteroatoms. The lowest BCUT2D eigenvalue weighted by atomic mass is 10.2. The van der Waals surface area contributed by atoms with Crippen LogP contribution in [-0.4, -0.2) is 11.2 Å². The van der Waals surface area contributed by atoms with Crippen LogP contribution in [0.1, 0.15) is 0 Å². The van der Waals surface area contributed by atoms with Gasteiger partial charge in [-0.1, -0.05) is 36.4 Å². The van der Waals surface area contributed by atoms with Crippen LogP contribution in [0.5, 0.6) is 0 Å². The summed E-state index contributed by atoms with van der Waals surface area (Å²) in [6, 6.07) is 16.3. The van der Waals surface area contributed by atoms with Crippen molar-refractivity contribution in [1.29, 1.82) is 0 Å². The quantitative estimate of drug-likeness (QED) is 0.610. The van der Waals surface area contributed by atoms with Crippen LogP contribution < -0.4 is 0 Å². The van der Waals surface area contributed by atoms with E-state index in [1.165, 1.54) is 10.8 Å². The number of hydrogen-bond acceptors (Lipinski definition) is 0. The van der Waals surface area contributed by atoms with Crippen LogP contribution in [0.3, 0.4) is 0 Å². The lowest BCUT2D eigenvalue weighted by Gasteiger charge is -2.03. The van der Waals surface area contributed by atoms with Crippen molar-refractivity contribution in [2.45, 2.75) is 6.54 Å². The SMILES string of the molecule is FCCn1c2ccccc2c2ccccc21. The number of halogens is 1. The molecular formula is C14H12FN. The van der Waals surface area contributed by atoms with Gasteiger partial charge in [-0.05, 0) is 12.1 Å². The number of aromatic nitrogens is 1. The molecule has 0 bridgehead atoms. The minimum atomic E-state index is -0.331. The smallest absolute Gasteiger partial charge is 0.107 e. The van der Waals surface area contributed by atoms with Gasteiger partial charge in [-0.3, -0.25) is 0 Å². The first-order chi connectivity index (χ1) is 7.92. The van der Waals surface area contributed by atoms with Crippen molar-refractivity contribution in [3.8, 4) is 0 Å². The van der Waals surface area contributed by atoms with Crippen molar-refractivity contribution in [2.75, 3.05) is 6.67 Å². The summed E-state index contributed by atoms with van der Waals surface area (Å²) in [5.74, 6) is 0. The molecule has 0 fully saturated rings. The maximum absolute atomic E-state index is 12.6. The first-order valence-electron chi connectivity index (χ1n) is 5.44. The molecule has 0 atom stereocenters. The average Bonchev–Trinajstić information content (AvgIpc) is 2.66. The maximum Gasteiger partial charge on any atom is 0.107 e. The van der Waals surface area contributed by atoms with E-state index in [4.69, 9.17) is 0 Å². The highest BCUT2D eigenvalue weighted by Crippen LogP contribution is 2.28. The monoisotopic (exact) mass is 213 g/mol. The van der Waals surface area contributed by atoms with Gasteiger partial charge >= 0.3 is 0 Å². The number of rotatable bonds is 2. The third kappa shape index (κ3) is 1.23. The van der Waals surface area contributed by atoms with Gasteiger partial charge in [-0.25, -0.2) is 4.39 Å². The topological polar surface area (TPSA) is 4.93 Å². The Hall–Kier alpha value is -1.83. The molecule has 0 aliphatic rings. The van der Waals surface area contributed by atoms with Gasteiger partial charge in [0.25, 0.3) is 0 Å². The van der Waals surface area contributed by atoms with Crippen molar-refractivity contribution in [2.24, 2.45) is 0 Å². The van der Waals surface area contributed by atoms with Gasteiger partial charge in [-0.2, -0.15) is 0 Å². The van der Waals surface area contributed by atoms with Gasteiger partial charge in [0.05, 0.1) is 6.54 Å². The summed E-state index contributed by atoms with van der Waals surface area (Å²) in [6.45, 7) is 0.0939. The molecule has 16 heavy (non-hydrogen) atoms. The number of aryl methyl sites for hydroxylation is 1. The molecular weight excluding hydrogens is 201 g/mol. The third-order valence-electron chi connectivity index (χ3n) is 2.99. The van der Waals surface area contributed by atoms with E-state index in [-0.39, 0.29) is 6.67 Å². The van der Waals surface area contributed by atoms with Crippen LogP contribution in [0.2, 0.25) is 0 Å². The summed E-state index contributed by atoms with van der Waals surface area (Å²) in [6.07, 6.45) is 0. The fourth-order valence-electron chi connectivity index (χ4n) is 2.33. The number of fused-ring (bicyclic) bond motifs is 3. The van der Waals surface area contributed by atoms with Crippen molar-refractivity contribution in [3.63, 3.8) is 0 Å². The molecule has 0 radical (unpaired) electrons. The zero-order chi connectivity index (χ0) is 11.0. The fraction of sp³-hybridized carbons (Fsp3) is 0.143. The Bertz CT molecular complexity index is 586. The Morgan fingerprint density at radius 1 is 0.812 bits per heavy atom. The molecule has 0 saturated carbocycles. The van der Waals surface area contributed by atoms with Gasteiger partial charge < -0.3 is 4.57 Å². The minimum Gasteiger partial charge on any atom is -0.338 e. The lowest BCUT2D eigenvalue weighted by molar-refractivity contribution is 0.455. The Morgan fingerprint density at radius 3 is 1.81 bits per heavy atom. The Labute approximate surface area is 93.1 Å². The van der Waals surface area contributed by atoms with Crippen LogP contribution in [-0.2, 0) is 6.54 Å². The number of para-hydroxylation sites is 2. The molecule has 0 unspecified atom stereocenters. The third-order valence-corrected chi connectivity index (χ3v) is 2.99. The van der Waals surface area contributed by atoms with E-state index in [9.17, 15) is 4.39 Å². The minimum absolute atomic E-state index is 0.331. The second-order valence-electron chi connectivity index (χ2n) is 3.87. The zero-order valence-corrected chi connectivity index (χ0v) is 8.86. The van der Waals surface area contributed by atoms with Crippen molar-refractivity contribution < 1.29 is 4.39 Å². The van der Waals surface area contributed by atoms with Gasteiger partial charge in [0.1, 0.15) is 6.67 Å². The molecule has 80 valence electrons. The van der Waals surface area contributed by atoms with Gasteiger partial charge in [0, 0.05) is 21.8 Å².